The van der Waals surface area contributed by atoms with Gasteiger partial charge >= 0.3 is 5.97 Å². The molecule has 0 radical (unpaired) electrons. The van der Waals surface area contributed by atoms with Gasteiger partial charge in [-0.2, -0.15) is 0 Å². The molecule has 0 aromatic carbocycles. The number of hydrogen-bond acceptors (Lipinski definition) is 4. The SMILES string of the molecule is CCCCCCCC1CC(CSC(=N)N)OC1=O.[Br-]. The Kier molecular flexibility index (Phi) is 10.4. The van der Waals surface area contributed by atoms with Gasteiger partial charge in [0.1, 0.15) is 6.10 Å². The highest BCUT2D eigenvalue weighted by Crippen LogP contribution is 2.28. The Bertz CT molecular complexity index is 290. The normalized spacial score (nSPS) is 21.8. The maximum atomic E-state index is 11.6. The summed E-state index contributed by atoms with van der Waals surface area (Å²) in [6, 6.07) is 0. The molecule has 4 nitrogen and oxygen atoms in total. The molecular weight excluding hydrogens is 328 g/mol. The van der Waals surface area contributed by atoms with Crippen LogP contribution in [0.4, 0.5) is 0 Å². The van der Waals surface area contributed by atoms with Crippen LogP contribution in [0.5, 0.6) is 0 Å². The van der Waals surface area contributed by atoms with E-state index in [1.807, 2.05) is 0 Å². The van der Waals surface area contributed by atoms with Gasteiger partial charge in [0.05, 0.1) is 5.92 Å². The molecule has 0 bridgehead atoms. The second-order valence-corrected chi connectivity index (χ2v) is 5.93. The van der Waals surface area contributed by atoms with Crippen LogP contribution in [-0.4, -0.2) is 23.0 Å². The molecule has 0 amide bonds. The molecule has 0 aliphatic carbocycles. The number of cyclic esters (lactones) is 1. The number of carbonyl (C=O) groups excluding carboxylic acids is 1. The number of halogens is 1. The number of carbonyl (C=O) groups is 1. The molecule has 0 aromatic rings. The molecule has 6 heteroatoms. The third-order valence-corrected chi connectivity index (χ3v) is 4.09. The third kappa shape index (κ3) is 7.82. The van der Waals surface area contributed by atoms with Crippen molar-refractivity contribution in [2.75, 3.05) is 5.75 Å². The highest BCUT2D eigenvalue weighted by atomic mass is 79.9. The van der Waals surface area contributed by atoms with Crippen LogP contribution in [0.3, 0.4) is 0 Å². The Labute approximate surface area is 130 Å². The van der Waals surface area contributed by atoms with Gasteiger partial charge in [-0.3, -0.25) is 10.2 Å². The third-order valence-electron chi connectivity index (χ3n) is 3.24. The minimum absolute atomic E-state index is 0. The zero-order valence-corrected chi connectivity index (χ0v) is 13.9. The highest BCUT2D eigenvalue weighted by molar-refractivity contribution is 8.13. The molecule has 1 heterocycles. The van der Waals surface area contributed by atoms with Crippen molar-refractivity contribution >= 4 is 22.9 Å². The summed E-state index contributed by atoms with van der Waals surface area (Å²) in [6.45, 7) is 2.20. The topological polar surface area (TPSA) is 76.2 Å². The van der Waals surface area contributed by atoms with Crippen LogP contribution in [0, 0.1) is 11.3 Å². The molecule has 19 heavy (non-hydrogen) atoms. The van der Waals surface area contributed by atoms with Gasteiger partial charge < -0.3 is 27.5 Å². The van der Waals surface area contributed by atoms with Gasteiger partial charge in [0.15, 0.2) is 5.17 Å². The van der Waals surface area contributed by atoms with E-state index < -0.39 is 0 Å². The lowest BCUT2D eigenvalue weighted by atomic mass is 9.97. The van der Waals surface area contributed by atoms with Crippen LogP contribution in [0.25, 0.3) is 0 Å². The minimum Gasteiger partial charge on any atom is -1.00 e. The monoisotopic (exact) mass is 351 g/mol. The van der Waals surface area contributed by atoms with E-state index in [1.54, 1.807) is 0 Å². The number of rotatable bonds is 8. The summed E-state index contributed by atoms with van der Waals surface area (Å²) >= 11 is 1.25. The smallest absolute Gasteiger partial charge is 0.309 e. The summed E-state index contributed by atoms with van der Waals surface area (Å²) in [7, 11) is 0. The summed E-state index contributed by atoms with van der Waals surface area (Å²) in [5, 5.41) is 7.23. The van der Waals surface area contributed by atoms with Crippen LogP contribution in [0.1, 0.15) is 51.9 Å². The molecule has 2 unspecified atom stereocenters. The lowest BCUT2D eigenvalue weighted by Crippen LogP contribution is -3.00. The van der Waals surface area contributed by atoms with Crippen LogP contribution >= 0.6 is 11.8 Å². The molecule has 1 rings (SSSR count). The first-order valence-corrected chi connectivity index (χ1v) is 7.79. The molecule has 3 N–H and O–H groups in total. The van der Waals surface area contributed by atoms with Gasteiger partial charge in [0.25, 0.3) is 0 Å². The molecular formula is C13H24BrN2O2S-. The molecule has 112 valence electrons. The minimum atomic E-state index is -0.0559. The average molecular weight is 352 g/mol. The van der Waals surface area contributed by atoms with Crippen molar-refractivity contribution in [3.63, 3.8) is 0 Å². The summed E-state index contributed by atoms with van der Waals surface area (Å²) in [4.78, 5) is 11.6. The van der Waals surface area contributed by atoms with Crippen molar-refractivity contribution in [2.24, 2.45) is 11.7 Å². The number of nitrogens with one attached hydrogen (secondary N) is 1. The fraction of sp³-hybridized carbons (Fsp3) is 0.846. The van der Waals surface area contributed by atoms with Gasteiger partial charge in [0.2, 0.25) is 0 Å². The highest BCUT2D eigenvalue weighted by Gasteiger charge is 2.33. The Balaban J connectivity index is 0.00000324. The van der Waals surface area contributed by atoms with Crippen LogP contribution in [0.15, 0.2) is 0 Å². The fourth-order valence-corrected chi connectivity index (χ4v) is 2.81. The van der Waals surface area contributed by atoms with Crippen molar-refractivity contribution in [3.8, 4) is 0 Å². The number of unbranched alkanes of at least 4 members (excludes halogenated alkanes) is 4. The van der Waals surface area contributed by atoms with Crippen LogP contribution < -0.4 is 22.7 Å². The summed E-state index contributed by atoms with van der Waals surface area (Å²) in [5.74, 6) is 0.636. The predicted octanol–water partition coefficient (Wildman–Crippen LogP) is -0.0907. The molecule has 1 aliphatic heterocycles. The van der Waals surface area contributed by atoms with E-state index in [0.29, 0.717) is 5.75 Å². The zero-order chi connectivity index (χ0) is 13.4. The fourth-order valence-electron chi connectivity index (χ4n) is 2.24. The Morgan fingerprint density at radius 3 is 2.74 bits per heavy atom. The molecule has 0 saturated carbocycles. The van der Waals surface area contributed by atoms with E-state index in [9.17, 15) is 4.79 Å². The van der Waals surface area contributed by atoms with Crippen molar-refractivity contribution < 1.29 is 26.5 Å². The number of nitrogens with two attached hydrogens (primary N) is 1. The first-order chi connectivity index (χ1) is 8.63. The van der Waals surface area contributed by atoms with Crippen LogP contribution in [0.2, 0.25) is 0 Å². The van der Waals surface area contributed by atoms with E-state index >= 15 is 0 Å². The molecule has 0 spiro atoms. The molecule has 0 aromatic heterocycles. The average Bonchev–Trinajstić information content (AvgIpc) is 2.67. The Hall–Kier alpha value is -0.230. The predicted molar refractivity (Wildman–Crippen MR) is 75.7 cm³/mol. The summed E-state index contributed by atoms with van der Waals surface area (Å²) in [5.41, 5.74) is 5.27. The van der Waals surface area contributed by atoms with Gasteiger partial charge in [-0.15, -0.1) is 0 Å². The molecule has 1 saturated heterocycles. The van der Waals surface area contributed by atoms with Crippen LogP contribution in [-0.2, 0) is 9.53 Å². The van der Waals surface area contributed by atoms with Crippen molar-refractivity contribution in [1.29, 1.82) is 5.41 Å². The molecule has 2 atom stereocenters. The lowest BCUT2D eigenvalue weighted by molar-refractivity contribution is -0.143. The quantitative estimate of drug-likeness (QED) is 0.277. The maximum absolute atomic E-state index is 11.6. The zero-order valence-electron chi connectivity index (χ0n) is 11.5. The first kappa shape index (κ1) is 18.8. The first-order valence-electron chi connectivity index (χ1n) is 6.80. The molecule has 1 fully saturated rings. The van der Waals surface area contributed by atoms with E-state index in [1.165, 1.54) is 37.4 Å². The van der Waals surface area contributed by atoms with E-state index in [0.717, 1.165) is 19.3 Å². The Morgan fingerprint density at radius 1 is 1.42 bits per heavy atom. The number of thioether (sulfide) groups is 1. The van der Waals surface area contributed by atoms with Gasteiger partial charge in [-0.05, 0) is 12.8 Å². The summed E-state index contributed by atoms with van der Waals surface area (Å²) < 4.78 is 5.29. The number of ether oxygens (including phenoxy) is 1. The van der Waals surface area contributed by atoms with Crippen molar-refractivity contribution in [3.05, 3.63) is 0 Å². The van der Waals surface area contributed by atoms with E-state index in [2.05, 4.69) is 6.92 Å². The number of amidine groups is 1. The van der Waals surface area contributed by atoms with E-state index in [-0.39, 0.29) is 40.1 Å². The molecule has 1 aliphatic rings. The Morgan fingerprint density at radius 2 is 2.11 bits per heavy atom. The maximum Gasteiger partial charge on any atom is 0.309 e. The number of hydrogen-bond donors (Lipinski definition) is 2. The number of esters is 1. The second-order valence-electron chi connectivity index (χ2n) is 4.87. The largest absolute Gasteiger partial charge is 1.00 e. The van der Waals surface area contributed by atoms with Gasteiger partial charge in [0, 0.05) is 5.75 Å². The summed E-state index contributed by atoms with van der Waals surface area (Å²) in [6.07, 6.45) is 7.82. The van der Waals surface area contributed by atoms with Crippen molar-refractivity contribution in [2.45, 2.75) is 58.0 Å². The van der Waals surface area contributed by atoms with Crippen molar-refractivity contribution in [1.82, 2.24) is 0 Å². The van der Waals surface area contributed by atoms with E-state index in [4.69, 9.17) is 15.9 Å². The lowest BCUT2D eigenvalue weighted by Gasteiger charge is -2.06. The van der Waals surface area contributed by atoms with Gasteiger partial charge in [-0.1, -0.05) is 50.8 Å². The standard InChI is InChI=1S/C13H24N2O2S.BrH/c1-2-3-4-5-6-7-10-8-11(17-12(10)16)9-18-13(14)15;/h10-11H,2-9H2,1H3,(H3,14,15);1H/p-1. The second kappa shape index (κ2) is 10.5. The van der Waals surface area contributed by atoms with Gasteiger partial charge in [-0.25, -0.2) is 0 Å².